The molecular formula is C25H33ClN2O3. The maximum Gasteiger partial charge on any atom is 0.242 e. The Balaban J connectivity index is 2.00. The summed E-state index contributed by atoms with van der Waals surface area (Å²) in [4.78, 5) is 27.4. The van der Waals surface area contributed by atoms with E-state index in [2.05, 4.69) is 5.32 Å². The van der Waals surface area contributed by atoms with Gasteiger partial charge in [0.2, 0.25) is 11.8 Å². The minimum atomic E-state index is -0.556. The van der Waals surface area contributed by atoms with E-state index in [0.717, 1.165) is 23.3 Å². The van der Waals surface area contributed by atoms with Crippen LogP contribution in [0.5, 0.6) is 5.75 Å². The van der Waals surface area contributed by atoms with Crippen LogP contribution >= 0.6 is 11.6 Å². The number of nitrogens with zero attached hydrogens (tertiary/aromatic N) is 1. The number of hydrogen-bond acceptors (Lipinski definition) is 3. The first-order chi connectivity index (χ1) is 14.8. The van der Waals surface area contributed by atoms with Gasteiger partial charge in [-0.1, -0.05) is 48.4 Å². The number of carbonyl (C=O) groups excluding carboxylic acids is 2. The Hall–Kier alpha value is -2.53. The molecule has 0 aliphatic carbocycles. The first kappa shape index (κ1) is 24.7. The summed E-state index contributed by atoms with van der Waals surface area (Å²) in [6.45, 7) is 8.60. The molecule has 2 aromatic carbocycles. The maximum absolute atomic E-state index is 13.1. The van der Waals surface area contributed by atoms with Crippen LogP contribution in [0.2, 0.25) is 5.02 Å². The Kier molecular flexibility index (Phi) is 9.86. The average molecular weight is 445 g/mol. The van der Waals surface area contributed by atoms with E-state index in [0.29, 0.717) is 31.0 Å². The molecule has 0 saturated heterocycles. The van der Waals surface area contributed by atoms with Gasteiger partial charge in [-0.05, 0) is 63.4 Å². The van der Waals surface area contributed by atoms with Crippen LogP contribution < -0.4 is 10.1 Å². The van der Waals surface area contributed by atoms with Gasteiger partial charge in [-0.15, -0.1) is 0 Å². The van der Waals surface area contributed by atoms with Crippen molar-refractivity contribution in [3.05, 3.63) is 64.7 Å². The summed E-state index contributed by atoms with van der Waals surface area (Å²) >= 11 is 5.88. The SMILES string of the molecule is CCC(C)NC(=O)C(C)N(Cc1cccc(C)c1)C(=O)CCCOc1ccc(Cl)cc1. The fourth-order valence-corrected chi connectivity index (χ4v) is 3.27. The first-order valence-electron chi connectivity index (χ1n) is 10.8. The van der Waals surface area contributed by atoms with Gasteiger partial charge in [-0.25, -0.2) is 0 Å². The number of benzene rings is 2. The second-order valence-corrected chi connectivity index (χ2v) is 8.35. The van der Waals surface area contributed by atoms with Crippen molar-refractivity contribution >= 4 is 23.4 Å². The topological polar surface area (TPSA) is 58.6 Å². The van der Waals surface area contributed by atoms with Crippen molar-refractivity contribution in [2.45, 2.75) is 65.6 Å². The molecule has 0 aliphatic rings. The molecule has 2 unspecified atom stereocenters. The zero-order chi connectivity index (χ0) is 22.8. The molecule has 5 nitrogen and oxygen atoms in total. The third-order valence-electron chi connectivity index (χ3n) is 5.22. The van der Waals surface area contributed by atoms with Crippen molar-refractivity contribution in [3.63, 3.8) is 0 Å². The summed E-state index contributed by atoms with van der Waals surface area (Å²) in [7, 11) is 0. The second-order valence-electron chi connectivity index (χ2n) is 7.91. The van der Waals surface area contributed by atoms with Crippen molar-refractivity contribution in [1.29, 1.82) is 0 Å². The highest BCUT2D eigenvalue weighted by Crippen LogP contribution is 2.17. The fraction of sp³-hybridized carbons (Fsp3) is 0.440. The molecule has 0 saturated carbocycles. The minimum Gasteiger partial charge on any atom is -0.494 e. The lowest BCUT2D eigenvalue weighted by molar-refractivity contribution is -0.141. The molecule has 0 heterocycles. The third kappa shape index (κ3) is 8.25. The quantitative estimate of drug-likeness (QED) is 0.488. The fourth-order valence-electron chi connectivity index (χ4n) is 3.14. The molecule has 31 heavy (non-hydrogen) atoms. The standard InChI is InChI=1S/C25H33ClN2O3/c1-5-19(3)27-25(30)20(4)28(17-21-9-6-8-18(2)16-21)24(29)10-7-15-31-23-13-11-22(26)12-14-23/h6,8-9,11-14,16,19-20H,5,7,10,15,17H2,1-4H3,(H,27,30). The number of ether oxygens (including phenoxy) is 1. The lowest BCUT2D eigenvalue weighted by atomic mass is 10.1. The van der Waals surface area contributed by atoms with E-state index in [1.165, 1.54) is 0 Å². The molecule has 168 valence electrons. The molecule has 0 bridgehead atoms. The van der Waals surface area contributed by atoms with Gasteiger partial charge in [-0.3, -0.25) is 9.59 Å². The Labute approximate surface area is 190 Å². The van der Waals surface area contributed by atoms with E-state index < -0.39 is 6.04 Å². The molecule has 0 aromatic heterocycles. The van der Waals surface area contributed by atoms with Gasteiger partial charge in [0.1, 0.15) is 11.8 Å². The Bertz CT molecular complexity index is 854. The molecular weight excluding hydrogens is 412 g/mol. The summed E-state index contributed by atoms with van der Waals surface area (Å²) in [6.07, 6.45) is 1.71. The molecule has 6 heteroatoms. The normalized spacial score (nSPS) is 12.7. The predicted octanol–water partition coefficient (Wildman–Crippen LogP) is 5.14. The van der Waals surface area contributed by atoms with Crippen molar-refractivity contribution < 1.29 is 14.3 Å². The van der Waals surface area contributed by atoms with Gasteiger partial charge in [0.25, 0.3) is 0 Å². The number of aryl methyl sites for hydroxylation is 1. The monoisotopic (exact) mass is 444 g/mol. The first-order valence-corrected chi connectivity index (χ1v) is 11.2. The van der Waals surface area contributed by atoms with Gasteiger partial charge < -0.3 is 15.0 Å². The summed E-state index contributed by atoms with van der Waals surface area (Å²) in [5.41, 5.74) is 2.13. The largest absolute Gasteiger partial charge is 0.494 e. The van der Waals surface area contributed by atoms with Crippen LogP contribution in [0.3, 0.4) is 0 Å². The van der Waals surface area contributed by atoms with Crippen LogP contribution in [-0.4, -0.2) is 35.4 Å². The summed E-state index contributed by atoms with van der Waals surface area (Å²) in [5, 5.41) is 3.64. The lowest BCUT2D eigenvalue weighted by Crippen LogP contribution is -2.49. The van der Waals surface area contributed by atoms with Crippen molar-refractivity contribution in [1.82, 2.24) is 10.2 Å². The van der Waals surface area contributed by atoms with Gasteiger partial charge in [-0.2, -0.15) is 0 Å². The number of rotatable bonds is 11. The van der Waals surface area contributed by atoms with Crippen LogP contribution in [0.15, 0.2) is 48.5 Å². The Morgan fingerprint density at radius 3 is 2.48 bits per heavy atom. The lowest BCUT2D eigenvalue weighted by Gasteiger charge is -2.30. The van der Waals surface area contributed by atoms with Crippen LogP contribution in [0.4, 0.5) is 0 Å². The Morgan fingerprint density at radius 2 is 1.84 bits per heavy atom. The predicted molar refractivity (Wildman–Crippen MR) is 125 cm³/mol. The van der Waals surface area contributed by atoms with E-state index in [9.17, 15) is 9.59 Å². The smallest absolute Gasteiger partial charge is 0.242 e. The highest BCUT2D eigenvalue weighted by Gasteiger charge is 2.26. The number of hydrogen-bond donors (Lipinski definition) is 1. The van der Waals surface area contributed by atoms with Crippen LogP contribution in [-0.2, 0) is 16.1 Å². The molecule has 2 atom stereocenters. The van der Waals surface area contributed by atoms with Gasteiger partial charge in [0.05, 0.1) is 6.61 Å². The van der Waals surface area contributed by atoms with Crippen molar-refractivity contribution in [2.24, 2.45) is 0 Å². The number of nitrogens with one attached hydrogen (secondary N) is 1. The Morgan fingerprint density at radius 1 is 1.13 bits per heavy atom. The molecule has 0 spiro atoms. The third-order valence-corrected chi connectivity index (χ3v) is 5.47. The zero-order valence-corrected chi connectivity index (χ0v) is 19.6. The average Bonchev–Trinajstić information content (AvgIpc) is 2.75. The van der Waals surface area contributed by atoms with Gasteiger partial charge >= 0.3 is 0 Å². The molecule has 1 N–H and O–H groups in total. The van der Waals surface area contributed by atoms with Crippen LogP contribution in [0, 0.1) is 6.92 Å². The molecule has 2 amide bonds. The van der Waals surface area contributed by atoms with Crippen molar-refractivity contribution in [3.8, 4) is 5.75 Å². The van der Waals surface area contributed by atoms with E-state index in [1.807, 2.05) is 45.0 Å². The second kappa shape index (κ2) is 12.4. The number of amides is 2. The van der Waals surface area contributed by atoms with Gasteiger partial charge in [0, 0.05) is 24.0 Å². The maximum atomic E-state index is 13.1. The molecule has 2 aromatic rings. The number of halogens is 1. The molecule has 2 rings (SSSR count). The highest BCUT2D eigenvalue weighted by molar-refractivity contribution is 6.30. The van der Waals surface area contributed by atoms with Gasteiger partial charge in [0.15, 0.2) is 0 Å². The summed E-state index contributed by atoms with van der Waals surface area (Å²) in [5.74, 6) is 0.524. The molecule has 0 aliphatic heterocycles. The number of carbonyl (C=O) groups is 2. The zero-order valence-electron chi connectivity index (χ0n) is 18.9. The van der Waals surface area contributed by atoms with E-state index in [1.54, 1.807) is 36.1 Å². The van der Waals surface area contributed by atoms with E-state index in [-0.39, 0.29) is 17.9 Å². The minimum absolute atomic E-state index is 0.0620. The van der Waals surface area contributed by atoms with Crippen LogP contribution in [0.25, 0.3) is 0 Å². The van der Waals surface area contributed by atoms with Crippen molar-refractivity contribution in [2.75, 3.05) is 6.61 Å². The van der Waals surface area contributed by atoms with E-state index in [4.69, 9.17) is 16.3 Å². The molecule has 0 fully saturated rings. The van der Waals surface area contributed by atoms with Crippen LogP contribution in [0.1, 0.15) is 51.2 Å². The summed E-state index contributed by atoms with van der Waals surface area (Å²) in [6, 6.07) is 14.7. The summed E-state index contributed by atoms with van der Waals surface area (Å²) < 4.78 is 5.69. The highest BCUT2D eigenvalue weighted by atomic mass is 35.5. The molecule has 0 radical (unpaired) electrons. The van der Waals surface area contributed by atoms with E-state index >= 15 is 0 Å².